The number of hydrogen-bond acceptors (Lipinski definition) is 6. The molecule has 0 aliphatic rings. The molecule has 1 N–H and O–H groups in total. The number of fused-ring (bicyclic) bond motifs is 1. The number of benzene rings is 1. The number of ether oxygens (including phenoxy) is 2. The highest BCUT2D eigenvalue weighted by Crippen LogP contribution is 2.26. The zero-order valence-corrected chi connectivity index (χ0v) is 14.1. The molecule has 1 atom stereocenters. The second-order valence-corrected chi connectivity index (χ2v) is 5.42. The maximum atomic E-state index is 5.96. The van der Waals surface area contributed by atoms with Crippen LogP contribution in [0.3, 0.4) is 0 Å². The SMILES string of the molecule is CCc1cc(NCC(C)Oc2ccccc2OC)n2ncnc2n1. The number of nitrogens with zero attached hydrogens (tertiary/aromatic N) is 4. The fourth-order valence-electron chi connectivity index (χ4n) is 2.39. The molecule has 0 saturated heterocycles. The van der Waals surface area contributed by atoms with Crippen molar-refractivity contribution in [3.63, 3.8) is 0 Å². The first kappa shape index (κ1) is 16.0. The summed E-state index contributed by atoms with van der Waals surface area (Å²) in [5, 5.41) is 7.56. The molecular formula is C17H21N5O2. The molecule has 0 amide bonds. The van der Waals surface area contributed by atoms with Crippen LogP contribution in [0.4, 0.5) is 5.82 Å². The summed E-state index contributed by atoms with van der Waals surface area (Å²) in [5.74, 6) is 2.89. The van der Waals surface area contributed by atoms with Crippen LogP contribution in [0.5, 0.6) is 11.5 Å². The van der Waals surface area contributed by atoms with E-state index < -0.39 is 0 Å². The minimum Gasteiger partial charge on any atom is -0.493 e. The van der Waals surface area contributed by atoms with E-state index in [1.807, 2.05) is 37.3 Å². The van der Waals surface area contributed by atoms with Crippen molar-refractivity contribution in [2.75, 3.05) is 19.0 Å². The number of anilines is 1. The summed E-state index contributed by atoms with van der Waals surface area (Å²) in [7, 11) is 1.63. The average molecular weight is 327 g/mol. The zero-order valence-electron chi connectivity index (χ0n) is 14.1. The lowest BCUT2D eigenvalue weighted by molar-refractivity contribution is 0.223. The van der Waals surface area contributed by atoms with E-state index >= 15 is 0 Å². The Morgan fingerprint density at radius 1 is 1.25 bits per heavy atom. The van der Waals surface area contributed by atoms with Gasteiger partial charge in [0.2, 0.25) is 0 Å². The van der Waals surface area contributed by atoms with Crippen molar-refractivity contribution >= 4 is 11.6 Å². The number of aryl methyl sites for hydroxylation is 1. The minimum absolute atomic E-state index is 0.0573. The van der Waals surface area contributed by atoms with Crippen LogP contribution in [0.1, 0.15) is 19.5 Å². The molecular weight excluding hydrogens is 306 g/mol. The molecule has 0 aliphatic carbocycles. The molecule has 2 aromatic heterocycles. The predicted octanol–water partition coefficient (Wildman–Crippen LogP) is 2.57. The molecule has 126 valence electrons. The largest absolute Gasteiger partial charge is 0.493 e. The van der Waals surface area contributed by atoms with E-state index in [1.165, 1.54) is 6.33 Å². The van der Waals surface area contributed by atoms with Gasteiger partial charge in [-0.3, -0.25) is 0 Å². The van der Waals surface area contributed by atoms with Gasteiger partial charge in [-0.25, -0.2) is 4.98 Å². The smallest absolute Gasteiger partial charge is 0.254 e. The number of methoxy groups -OCH3 is 1. The van der Waals surface area contributed by atoms with Gasteiger partial charge in [0.15, 0.2) is 11.5 Å². The number of nitrogens with one attached hydrogen (secondary N) is 1. The monoisotopic (exact) mass is 327 g/mol. The van der Waals surface area contributed by atoms with Crippen molar-refractivity contribution in [1.29, 1.82) is 0 Å². The maximum absolute atomic E-state index is 5.96. The van der Waals surface area contributed by atoms with Crippen LogP contribution < -0.4 is 14.8 Å². The molecule has 1 aromatic carbocycles. The van der Waals surface area contributed by atoms with E-state index in [9.17, 15) is 0 Å². The topological polar surface area (TPSA) is 73.6 Å². The molecule has 0 spiro atoms. The second kappa shape index (κ2) is 7.16. The first-order valence-corrected chi connectivity index (χ1v) is 7.94. The lowest BCUT2D eigenvalue weighted by atomic mass is 10.3. The van der Waals surface area contributed by atoms with Gasteiger partial charge < -0.3 is 14.8 Å². The third-order valence-corrected chi connectivity index (χ3v) is 3.63. The third-order valence-electron chi connectivity index (χ3n) is 3.63. The molecule has 7 heteroatoms. The van der Waals surface area contributed by atoms with E-state index in [0.29, 0.717) is 12.3 Å². The van der Waals surface area contributed by atoms with E-state index in [2.05, 4.69) is 27.3 Å². The number of aromatic nitrogens is 4. The summed E-state index contributed by atoms with van der Waals surface area (Å²) in [6.45, 7) is 4.67. The lowest BCUT2D eigenvalue weighted by Gasteiger charge is -2.18. The van der Waals surface area contributed by atoms with Crippen molar-refractivity contribution in [3.05, 3.63) is 42.4 Å². The van der Waals surface area contributed by atoms with E-state index in [-0.39, 0.29) is 6.10 Å². The molecule has 0 radical (unpaired) electrons. The fourth-order valence-corrected chi connectivity index (χ4v) is 2.39. The quantitative estimate of drug-likeness (QED) is 0.719. The van der Waals surface area contributed by atoms with Crippen LogP contribution >= 0.6 is 0 Å². The van der Waals surface area contributed by atoms with Crippen molar-refractivity contribution in [2.24, 2.45) is 0 Å². The van der Waals surface area contributed by atoms with Gasteiger partial charge in [0.25, 0.3) is 5.78 Å². The maximum Gasteiger partial charge on any atom is 0.254 e. The lowest BCUT2D eigenvalue weighted by Crippen LogP contribution is -2.24. The fraction of sp³-hybridized carbons (Fsp3) is 0.353. The van der Waals surface area contributed by atoms with Crippen LogP contribution in [-0.2, 0) is 6.42 Å². The summed E-state index contributed by atoms with van der Waals surface area (Å²) in [5.41, 5.74) is 0.969. The Kier molecular flexibility index (Phi) is 4.79. The van der Waals surface area contributed by atoms with E-state index in [1.54, 1.807) is 11.6 Å². The van der Waals surface area contributed by atoms with E-state index in [4.69, 9.17) is 9.47 Å². The highest BCUT2D eigenvalue weighted by Gasteiger charge is 2.11. The van der Waals surface area contributed by atoms with Crippen LogP contribution in [-0.4, -0.2) is 39.3 Å². The van der Waals surface area contributed by atoms with Gasteiger partial charge in [-0.05, 0) is 25.5 Å². The Balaban J connectivity index is 1.70. The molecule has 7 nitrogen and oxygen atoms in total. The van der Waals surface area contributed by atoms with Crippen LogP contribution in [0.25, 0.3) is 5.78 Å². The van der Waals surface area contributed by atoms with Gasteiger partial charge in [-0.1, -0.05) is 19.1 Å². The Morgan fingerprint density at radius 3 is 2.79 bits per heavy atom. The molecule has 0 aliphatic heterocycles. The first-order valence-electron chi connectivity index (χ1n) is 7.94. The number of hydrogen-bond donors (Lipinski definition) is 1. The summed E-state index contributed by atoms with van der Waals surface area (Å²) in [6.07, 6.45) is 2.28. The van der Waals surface area contributed by atoms with Crippen molar-refractivity contribution < 1.29 is 9.47 Å². The Labute approximate surface area is 140 Å². The normalized spacial score (nSPS) is 12.1. The Morgan fingerprint density at radius 2 is 2.04 bits per heavy atom. The van der Waals surface area contributed by atoms with Crippen molar-refractivity contribution in [3.8, 4) is 11.5 Å². The number of rotatable bonds is 7. The highest BCUT2D eigenvalue weighted by molar-refractivity contribution is 5.45. The molecule has 2 heterocycles. The third kappa shape index (κ3) is 3.40. The molecule has 0 fully saturated rings. The Hall–Kier alpha value is -2.83. The summed E-state index contributed by atoms with van der Waals surface area (Å²) < 4.78 is 13.0. The molecule has 0 saturated carbocycles. The zero-order chi connectivity index (χ0) is 16.9. The van der Waals surface area contributed by atoms with Gasteiger partial charge in [0.05, 0.1) is 13.7 Å². The van der Waals surface area contributed by atoms with Crippen molar-refractivity contribution in [1.82, 2.24) is 19.6 Å². The minimum atomic E-state index is -0.0573. The standard InChI is InChI=1S/C17H21N5O2/c1-4-13-9-16(22-17(21-13)19-11-20-22)18-10-12(2)24-15-8-6-5-7-14(15)23-3/h5-9,11-12,18H,4,10H2,1-3H3. The van der Waals surface area contributed by atoms with E-state index in [0.717, 1.165) is 29.4 Å². The summed E-state index contributed by atoms with van der Waals surface area (Å²) in [6, 6.07) is 9.60. The number of para-hydroxylation sites is 2. The van der Waals surface area contributed by atoms with Gasteiger partial charge in [0, 0.05) is 11.8 Å². The summed E-state index contributed by atoms with van der Waals surface area (Å²) >= 11 is 0. The van der Waals surface area contributed by atoms with Gasteiger partial charge in [0.1, 0.15) is 18.2 Å². The van der Waals surface area contributed by atoms with Gasteiger partial charge >= 0.3 is 0 Å². The van der Waals surface area contributed by atoms with Crippen LogP contribution in [0, 0.1) is 0 Å². The molecule has 0 bridgehead atoms. The Bertz CT molecular complexity index is 818. The van der Waals surface area contributed by atoms with Crippen molar-refractivity contribution in [2.45, 2.75) is 26.4 Å². The van der Waals surface area contributed by atoms with Crippen LogP contribution in [0.15, 0.2) is 36.7 Å². The molecule has 3 rings (SSSR count). The first-order chi connectivity index (χ1) is 11.7. The molecule has 24 heavy (non-hydrogen) atoms. The second-order valence-electron chi connectivity index (χ2n) is 5.42. The predicted molar refractivity (Wildman–Crippen MR) is 91.7 cm³/mol. The van der Waals surface area contributed by atoms with Gasteiger partial charge in [-0.2, -0.15) is 14.6 Å². The molecule has 1 unspecified atom stereocenters. The average Bonchev–Trinajstić information content (AvgIpc) is 3.08. The van der Waals surface area contributed by atoms with Crippen LogP contribution in [0.2, 0.25) is 0 Å². The summed E-state index contributed by atoms with van der Waals surface area (Å²) in [4.78, 5) is 8.59. The highest BCUT2D eigenvalue weighted by atomic mass is 16.5. The van der Waals surface area contributed by atoms with Gasteiger partial charge in [-0.15, -0.1) is 0 Å². The molecule has 3 aromatic rings.